The predicted octanol–water partition coefficient (Wildman–Crippen LogP) is 4.59. The number of nitrogens with zero attached hydrogens (tertiary/aromatic N) is 2. The normalized spacial score (nSPS) is 14.5. The largest absolute Gasteiger partial charge is 0.339 e. The molecule has 2 aromatic rings. The van der Waals surface area contributed by atoms with E-state index >= 15 is 0 Å². The summed E-state index contributed by atoms with van der Waals surface area (Å²) in [6.07, 6.45) is 3.92. The summed E-state index contributed by atoms with van der Waals surface area (Å²) >= 11 is 1.62. The molecule has 120 valence electrons. The molecule has 0 bridgehead atoms. The second-order valence-corrected chi connectivity index (χ2v) is 7.30. The molecule has 1 aliphatic heterocycles. The van der Waals surface area contributed by atoms with Gasteiger partial charge in [0.05, 0.1) is 5.56 Å². The molecule has 1 aromatic carbocycles. The van der Waals surface area contributed by atoms with Crippen molar-refractivity contribution in [1.82, 2.24) is 9.88 Å². The lowest BCUT2D eigenvalue weighted by Crippen LogP contribution is -2.27. The molecule has 1 amide bonds. The Kier molecular flexibility index (Phi) is 5.01. The van der Waals surface area contributed by atoms with Gasteiger partial charge in [0.25, 0.3) is 5.91 Å². The summed E-state index contributed by atoms with van der Waals surface area (Å²) in [6, 6.07) is 12.4. The molecule has 0 saturated carbocycles. The van der Waals surface area contributed by atoms with Crippen molar-refractivity contribution in [2.45, 2.75) is 42.5 Å². The second-order valence-electron chi connectivity index (χ2n) is 6.21. The molecular weight excluding hydrogens is 304 g/mol. The van der Waals surface area contributed by atoms with E-state index in [0.717, 1.165) is 31.0 Å². The van der Waals surface area contributed by atoms with Crippen molar-refractivity contribution in [1.29, 1.82) is 0 Å². The Balaban J connectivity index is 1.66. The van der Waals surface area contributed by atoms with Crippen molar-refractivity contribution in [2.75, 3.05) is 13.1 Å². The van der Waals surface area contributed by atoms with Crippen LogP contribution in [-0.2, 0) is 0 Å². The zero-order chi connectivity index (χ0) is 16.2. The Hall–Kier alpha value is -1.81. The van der Waals surface area contributed by atoms with Gasteiger partial charge < -0.3 is 4.90 Å². The molecule has 3 rings (SSSR count). The minimum absolute atomic E-state index is 0.104. The number of rotatable bonds is 4. The molecule has 23 heavy (non-hydrogen) atoms. The molecule has 1 fully saturated rings. The fourth-order valence-corrected chi connectivity index (χ4v) is 3.47. The smallest absolute Gasteiger partial charge is 0.255 e. The summed E-state index contributed by atoms with van der Waals surface area (Å²) in [5, 5.41) is 0.917. The highest BCUT2D eigenvalue weighted by molar-refractivity contribution is 7.99. The zero-order valence-corrected chi connectivity index (χ0v) is 14.5. The van der Waals surface area contributed by atoms with Gasteiger partial charge in [-0.3, -0.25) is 4.79 Å². The molecule has 0 radical (unpaired) electrons. The maximum atomic E-state index is 12.3. The predicted molar refractivity (Wildman–Crippen MR) is 94.0 cm³/mol. The van der Waals surface area contributed by atoms with E-state index in [4.69, 9.17) is 0 Å². The zero-order valence-electron chi connectivity index (χ0n) is 13.7. The van der Waals surface area contributed by atoms with Gasteiger partial charge in [0.15, 0.2) is 0 Å². The van der Waals surface area contributed by atoms with Gasteiger partial charge in [0, 0.05) is 24.2 Å². The Labute approximate surface area is 142 Å². The van der Waals surface area contributed by atoms with Gasteiger partial charge in [-0.25, -0.2) is 4.98 Å². The van der Waals surface area contributed by atoms with Crippen LogP contribution in [0.5, 0.6) is 0 Å². The van der Waals surface area contributed by atoms with Crippen molar-refractivity contribution < 1.29 is 4.79 Å². The highest BCUT2D eigenvalue weighted by Gasteiger charge is 2.19. The highest BCUT2D eigenvalue weighted by atomic mass is 32.2. The first-order valence-electron chi connectivity index (χ1n) is 8.16. The van der Waals surface area contributed by atoms with E-state index in [9.17, 15) is 4.79 Å². The van der Waals surface area contributed by atoms with Gasteiger partial charge >= 0.3 is 0 Å². The number of pyridine rings is 1. The number of aromatic nitrogens is 1. The molecule has 0 spiro atoms. The minimum atomic E-state index is 0.104. The van der Waals surface area contributed by atoms with E-state index in [1.165, 1.54) is 10.5 Å². The number of amides is 1. The lowest BCUT2D eigenvalue weighted by molar-refractivity contribution is 0.0792. The van der Waals surface area contributed by atoms with Gasteiger partial charge in [-0.2, -0.15) is 0 Å². The van der Waals surface area contributed by atoms with Gasteiger partial charge in [-0.1, -0.05) is 37.7 Å². The summed E-state index contributed by atoms with van der Waals surface area (Å²) in [4.78, 5) is 19.8. The first-order chi connectivity index (χ1) is 11.1. The SMILES string of the molecule is CC(C)c1ccc(Sc2ccc(C(=O)N3CCCC3)cn2)cc1. The van der Waals surface area contributed by atoms with Crippen LogP contribution in [0.15, 0.2) is 52.5 Å². The maximum absolute atomic E-state index is 12.3. The van der Waals surface area contributed by atoms with Crippen LogP contribution in [0.1, 0.15) is 48.5 Å². The summed E-state index contributed by atoms with van der Waals surface area (Å²) in [5.41, 5.74) is 2.03. The van der Waals surface area contributed by atoms with Gasteiger partial charge in [0.1, 0.15) is 5.03 Å². The molecule has 2 heterocycles. The van der Waals surface area contributed by atoms with Crippen LogP contribution in [0.4, 0.5) is 0 Å². The van der Waals surface area contributed by atoms with Crippen LogP contribution in [0.3, 0.4) is 0 Å². The highest BCUT2D eigenvalue weighted by Crippen LogP contribution is 2.27. The molecule has 1 saturated heterocycles. The molecule has 0 aliphatic carbocycles. The first-order valence-corrected chi connectivity index (χ1v) is 8.98. The summed E-state index contributed by atoms with van der Waals surface area (Å²) in [5.74, 6) is 0.649. The molecule has 4 heteroatoms. The number of likely N-dealkylation sites (tertiary alicyclic amines) is 1. The average molecular weight is 326 g/mol. The second kappa shape index (κ2) is 7.18. The van der Waals surface area contributed by atoms with E-state index in [2.05, 4.69) is 43.1 Å². The average Bonchev–Trinajstić information content (AvgIpc) is 3.10. The van der Waals surface area contributed by atoms with Gasteiger partial charge in [-0.05, 0) is 48.6 Å². The minimum Gasteiger partial charge on any atom is -0.339 e. The monoisotopic (exact) mass is 326 g/mol. The third kappa shape index (κ3) is 3.94. The lowest BCUT2D eigenvalue weighted by atomic mass is 10.0. The summed E-state index contributed by atoms with van der Waals surface area (Å²) < 4.78 is 0. The Morgan fingerprint density at radius 3 is 2.35 bits per heavy atom. The van der Waals surface area contributed by atoms with Crippen LogP contribution < -0.4 is 0 Å². The third-order valence-corrected chi connectivity index (χ3v) is 5.10. The molecule has 3 nitrogen and oxygen atoms in total. The number of carbonyl (C=O) groups excluding carboxylic acids is 1. The topological polar surface area (TPSA) is 33.2 Å². The van der Waals surface area contributed by atoms with E-state index in [1.54, 1.807) is 18.0 Å². The standard InChI is InChI=1S/C19H22N2OS/c1-14(2)15-5-8-17(9-6-15)23-18-10-7-16(13-20-18)19(22)21-11-3-4-12-21/h5-10,13-14H,3-4,11-12H2,1-2H3. The van der Waals surface area contributed by atoms with Gasteiger partial charge in [-0.15, -0.1) is 0 Å². The van der Waals surface area contributed by atoms with Gasteiger partial charge in [0.2, 0.25) is 0 Å². The van der Waals surface area contributed by atoms with Crippen LogP contribution in [0, 0.1) is 0 Å². The lowest BCUT2D eigenvalue weighted by Gasteiger charge is -2.14. The van der Waals surface area contributed by atoms with E-state index in [1.807, 2.05) is 17.0 Å². The van der Waals surface area contributed by atoms with Crippen molar-refractivity contribution in [3.63, 3.8) is 0 Å². The van der Waals surface area contributed by atoms with Crippen LogP contribution >= 0.6 is 11.8 Å². The Morgan fingerprint density at radius 1 is 1.09 bits per heavy atom. The van der Waals surface area contributed by atoms with Crippen LogP contribution in [-0.4, -0.2) is 28.9 Å². The first kappa shape index (κ1) is 16.1. The maximum Gasteiger partial charge on any atom is 0.255 e. The summed E-state index contributed by atoms with van der Waals surface area (Å²) in [7, 11) is 0. The van der Waals surface area contributed by atoms with Crippen LogP contribution in [0.2, 0.25) is 0 Å². The van der Waals surface area contributed by atoms with E-state index in [0.29, 0.717) is 11.5 Å². The number of hydrogen-bond acceptors (Lipinski definition) is 3. The number of carbonyl (C=O) groups is 1. The molecule has 0 unspecified atom stereocenters. The molecule has 1 aliphatic rings. The fourth-order valence-electron chi connectivity index (χ4n) is 2.71. The van der Waals surface area contributed by atoms with Crippen molar-refractivity contribution in [2.24, 2.45) is 0 Å². The Morgan fingerprint density at radius 2 is 1.78 bits per heavy atom. The van der Waals surface area contributed by atoms with E-state index < -0.39 is 0 Å². The van der Waals surface area contributed by atoms with Crippen LogP contribution in [0.25, 0.3) is 0 Å². The number of benzene rings is 1. The van der Waals surface area contributed by atoms with Crippen molar-refractivity contribution >= 4 is 17.7 Å². The van der Waals surface area contributed by atoms with Crippen molar-refractivity contribution in [3.05, 3.63) is 53.7 Å². The summed E-state index contributed by atoms with van der Waals surface area (Å²) in [6.45, 7) is 6.13. The molecule has 1 aromatic heterocycles. The number of hydrogen-bond donors (Lipinski definition) is 0. The third-order valence-electron chi connectivity index (χ3n) is 4.15. The molecular formula is C19H22N2OS. The molecule has 0 N–H and O–H groups in total. The van der Waals surface area contributed by atoms with Crippen molar-refractivity contribution in [3.8, 4) is 0 Å². The molecule has 0 atom stereocenters. The van der Waals surface area contributed by atoms with E-state index in [-0.39, 0.29) is 5.91 Å². The fraction of sp³-hybridized carbons (Fsp3) is 0.368. The Bertz CT molecular complexity index is 659. The quantitative estimate of drug-likeness (QED) is 0.824.